The van der Waals surface area contributed by atoms with Gasteiger partial charge in [0.1, 0.15) is 25.4 Å². The number of ether oxygens (including phenoxy) is 2. The molecule has 10 nitrogen and oxygen atoms in total. The minimum atomic E-state index is -1.87. The molecule has 194 valence electrons. The van der Waals surface area contributed by atoms with Crippen molar-refractivity contribution in [2.45, 2.75) is 52.0 Å². The van der Waals surface area contributed by atoms with E-state index in [2.05, 4.69) is 5.32 Å². The first-order chi connectivity index (χ1) is 17.2. The molecule has 0 aliphatic carbocycles. The lowest BCUT2D eigenvalue weighted by atomic mass is 9.90. The van der Waals surface area contributed by atoms with E-state index in [1.54, 1.807) is 68.4 Å². The van der Waals surface area contributed by atoms with Gasteiger partial charge in [0, 0.05) is 0 Å². The number of amides is 2. The van der Waals surface area contributed by atoms with Gasteiger partial charge in [0.25, 0.3) is 5.91 Å². The highest BCUT2D eigenvalue weighted by Gasteiger charge is 2.36. The Kier molecular flexibility index (Phi) is 11.5. The summed E-state index contributed by atoms with van der Waals surface area (Å²) in [7, 11) is 0. The average Bonchev–Trinajstić information content (AvgIpc) is 2.88. The summed E-state index contributed by atoms with van der Waals surface area (Å²) in [4.78, 5) is 50.1. The normalized spacial score (nSPS) is 13.2. The minimum Gasteiger partial charge on any atom is -0.461 e. The number of hydrogen-bond donors (Lipinski definition) is 4. The van der Waals surface area contributed by atoms with Crippen molar-refractivity contribution < 1.29 is 39.0 Å². The topological polar surface area (TPSA) is 151 Å². The minimum absolute atomic E-state index is 0.0231. The second kappa shape index (κ2) is 14.6. The van der Waals surface area contributed by atoms with Gasteiger partial charge in [-0.05, 0) is 23.5 Å². The molecule has 2 rings (SSSR count). The maximum absolute atomic E-state index is 13.0. The number of rotatable bonds is 13. The molecule has 0 spiro atoms. The van der Waals surface area contributed by atoms with E-state index in [9.17, 15) is 24.3 Å². The Morgan fingerprint density at radius 2 is 1.36 bits per heavy atom. The zero-order valence-corrected chi connectivity index (χ0v) is 20.3. The molecule has 2 aromatic carbocycles. The van der Waals surface area contributed by atoms with Crippen LogP contribution in [-0.4, -0.2) is 46.2 Å². The van der Waals surface area contributed by atoms with Crippen LogP contribution < -0.4 is 10.8 Å². The smallest absolute Gasteiger partial charge is 0.329 e. The highest BCUT2D eigenvalue weighted by atomic mass is 16.5. The van der Waals surface area contributed by atoms with Gasteiger partial charge in [-0.3, -0.25) is 19.6 Å². The highest BCUT2D eigenvalue weighted by molar-refractivity contribution is 5.92. The molecule has 3 atom stereocenters. The molecule has 0 aliphatic heterocycles. The van der Waals surface area contributed by atoms with Gasteiger partial charge in [0.05, 0.1) is 12.3 Å². The summed E-state index contributed by atoms with van der Waals surface area (Å²) in [5, 5.41) is 21.5. The number of aliphatic hydroxyl groups excluding tert-OH is 1. The van der Waals surface area contributed by atoms with E-state index in [4.69, 9.17) is 14.7 Å². The van der Waals surface area contributed by atoms with Crippen LogP contribution in [0.1, 0.15) is 37.8 Å². The Balaban J connectivity index is 2.13. The molecular weight excluding hydrogens is 468 g/mol. The third-order valence-electron chi connectivity index (χ3n) is 5.26. The molecule has 36 heavy (non-hydrogen) atoms. The number of carbonyl (C=O) groups is 4. The predicted octanol–water partition coefficient (Wildman–Crippen LogP) is 1.88. The largest absolute Gasteiger partial charge is 0.461 e. The van der Waals surface area contributed by atoms with Gasteiger partial charge in [0.15, 0.2) is 0 Å². The van der Waals surface area contributed by atoms with E-state index in [1.165, 1.54) is 5.48 Å². The van der Waals surface area contributed by atoms with Crippen molar-refractivity contribution in [3.63, 3.8) is 0 Å². The Hall–Kier alpha value is -3.76. The quantitative estimate of drug-likeness (QED) is 0.185. The first kappa shape index (κ1) is 28.5. The van der Waals surface area contributed by atoms with E-state index in [0.29, 0.717) is 5.56 Å². The lowest BCUT2D eigenvalue weighted by molar-refractivity contribution is -0.156. The molecule has 0 aromatic heterocycles. The summed E-state index contributed by atoms with van der Waals surface area (Å²) >= 11 is 0. The molecule has 4 N–H and O–H groups in total. The predicted molar refractivity (Wildman–Crippen MR) is 128 cm³/mol. The van der Waals surface area contributed by atoms with Crippen LogP contribution in [0.3, 0.4) is 0 Å². The first-order valence-electron chi connectivity index (χ1n) is 11.5. The van der Waals surface area contributed by atoms with Crippen LogP contribution >= 0.6 is 0 Å². The summed E-state index contributed by atoms with van der Waals surface area (Å²) in [6.07, 6.45) is -2.32. The fourth-order valence-corrected chi connectivity index (χ4v) is 3.40. The van der Waals surface area contributed by atoms with Crippen LogP contribution in [0.4, 0.5) is 0 Å². The number of benzene rings is 2. The fraction of sp³-hybridized carbons (Fsp3) is 0.385. The lowest BCUT2D eigenvalue weighted by Crippen LogP contribution is -2.51. The van der Waals surface area contributed by atoms with Crippen LogP contribution in [0.15, 0.2) is 60.7 Å². The standard InChI is InChI=1S/C26H32N2O8/c1-17(2)13-20(23(30)25(32)28-34)24(31)27-21(26(33)36-16-19-11-7-4-8-12-19)14-22(29)35-15-18-9-5-3-6-10-18/h3-12,17,20-21,23,30,34H,13-16H2,1-2H3,(H,27,31)(H,28,32)/t20-,21+,23+/m1/s1. The van der Waals surface area contributed by atoms with E-state index >= 15 is 0 Å². The van der Waals surface area contributed by atoms with Gasteiger partial charge >= 0.3 is 11.9 Å². The summed E-state index contributed by atoms with van der Waals surface area (Å²) in [5.41, 5.74) is 2.77. The summed E-state index contributed by atoms with van der Waals surface area (Å²) < 4.78 is 10.5. The molecule has 0 radical (unpaired) electrons. The Morgan fingerprint density at radius 1 is 0.833 bits per heavy atom. The van der Waals surface area contributed by atoms with Crippen molar-refractivity contribution in [3.8, 4) is 0 Å². The number of esters is 2. The van der Waals surface area contributed by atoms with Gasteiger partial charge in [-0.25, -0.2) is 10.3 Å². The number of hydrogen-bond acceptors (Lipinski definition) is 8. The Labute approximate surface area is 209 Å². The third kappa shape index (κ3) is 9.47. The summed E-state index contributed by atoms with van der Waals surface area (Å²) in [6, 6.07) is 16.3. The van der Waals surface area contributed by atoms with Gasteiger partial charge in [0.2, 0.25) is 5.91 Å². The van der Waals surface area contributed by atoms with Crippen molar-refractivity contribution in [1.82, 2.24) is 10.8 Å². The van der Waals surface area contributed by atoms with Crippen molar-refractivity contribution in [3.05, 3.63) is 71.8 Å². The maximum atomic E-state index is 13.0. The number of hydroxylamine groups is 1. The third-order valence-corrected chi connectivity index (χ3v) is 5.26. The van der Waals surface area contributed by atoms with Crippen LogP contribution in [0.25, 0.3) is 0 Å². The molecule has 0 unspecified atom stereocenters. The van der Waals surface area contributed by atoms with Crippen LogP contribution in [0, 0.1) is 11.8 Å². The van der Waals surface area contributed by atoms with Gasteiger partial charge < -0.3 is 19.9 Å². The molecule has 2 aromatic rings. The SMILES string of the molecule is CC(C)C[C@@H](C(=O)N[C@@H](CC(=O)OCc1ccccc1)C(=O)OCc1ccccc1)[C@H](O)C(=O)NO. The monoisotopic (exact) mass is 500 g/mol. The number of nitrogens with one attached hydrogen (secondary N) is 2. The van der Waals surface area contributed by atoms with E-state index < -0.39 is 48.2 Å². The van der Waals surface area contributed by atoms with Crippen molar-refractivity contribution >= 4 is 23.8 Å². The summed E-state index contributed by atoms with van der Waals surface area (Å²) in [5.74, 6) is -5.05. The molecule has 0 aliphatic rings. The van der Waals surface area contributed by atoms with Crippen LogP contribution in [0.5, 0.6) is 0 Å². The van der Waals surface area contributed by atoms with E-state index in [1.807, 2.05) is 6.07 Å². The maximum Gasteiger partial charge on any atom is 0.329 e. The van der Waals surface area contributed by atoms with Crippen LogP contribution in [0.2, 0.25) is 0 Å². The summed E-state index contributed by atoms with van der Waals surface area (Å²) in [6.45, 7) is 3.44. The Morgan fingerprint density at radius 3 is 1.86 bits per heavy atom. The zero-order valence-electron chi connectivity index (χ0n) is 20.3. The number of carbonyl (C=O) groups excluding carboxylic acids is 4. The molecule has 2 amide bonds. The number of aliphatic hydroxyl groups is 1. The highest BCUT2D eigenvalue weighted by Crippen LogP contribution is 2.18. The lowest BCUT2D eigenvalue weighted by Gasteiger charge is -2.25. The molecule has 0 heterocycles. The molecule has 10 heteroatoms. The second-order valence-corrected chi connectivity index (χ2v) is 8.66. The van der Waals surface area contributed by atoms with Gasteiger partial charge in [-0.1, -0.05) is 74.5 Å². The van der Waals surface area contributed by atoms with E-state index in [0.717, 1.165) is 5.56 Å². The van der Waals surface area contributed by atoms with Crippen molar-refractivity contribution in [2.75, 3.05) is 0 Å². The second-order valence-electron chi connectivity index (χ2n) is 8.66. The molecule has 0 fully saturated rings. The first-order valence-corrected chi connectivity index (χ1v) is 11.5. The van der Waals surface area contributed by atoms with Gasteiger partial charge in [-0.2, -0.15) is 0 Å². The molecular formula is C26H32N2O8. The molecule has 0 bridgehead atoms. The van der Waals surface area contributed by atoms with Crippen molar-refractivity contribution in [1.29, 1.82) is 0 Å². The Bertz CT molecular complexity index is 998. The van der Waals surface area contributed by atoms with Crippen LogP contribution in [-0.2, 0) is 41.9 Å². The molecule has 0 saturated heterocycles. The molecule has 0 saturated carbocycles. The van der Waals surface area contributed by atoms with E-state index in [-0.39, 0.29) is 25.6 Å². The average molecular weight is 501 g/mol. The fourth-order valence-electron chi connectivity index (χ4n) is 3.40. The van der Waals surface area contributed by atoms with Crippen molar-refractivity contribution in [2.24, 2.45) is 11.8 Å². The van der Waals surface area contributed by atoms with Gasteiger partial charge in [-0.15, -0.1) is 0 Å². The zero-order chi connectivity index (χ0) is 26.5.